The van der Waals surface area contributed by atoms with Crippen LogP contribution in [-0.2, 0) is 0 Å². The zero-order valence-corrected chi connectivity index (χ0v) is 9.97. The van der Waals surface area contributed by atoms with Crippen molar-refractivity contribution >= 4 is 11.3 Å². The number of nitrogens with zero attached hydrogens (tertiary/aromatic N) is 2. The Hall–Kier alpha value is -1.40. The second-order valence-corrected chi connectivity index (χ2v) is 4.60. The molecule has 90 valence electrons. The molecule has 2 aromatic rings. The fourth-order valence-electron chi connectivity index (χ4n) is 1.30. The van der Waals surface area contributed by atoms with Crippen molar-refractivity contribution in [3.05, 3.63) is 34.8 Å². The van der Waals surface area contributed by atoms with Crippen LogP contribution >= 0.6 is 11.3 Å². The average Bonchev–Trinajstić information content (AvgIpc) is 2.81. The normalized spacial score (nSPS) is 12.7. The molecule has 1 atom stereocenters. The third-order valence-electron chi connectivity index (χ3n) is 2.36. The van der Waals surface area contributed by atoms with Gasteiger partial charge in [-0.25, -0.2) is 8.78 Å². The first-order valence-electron chi connectivity index (χ1n) is 5.16. The van der Waals surface area contributed by atoms with E-state index in [-0.39, 0.29) is 6.04 Å². The first-order valence-corrected chi connectivity index (χ1v) is 5.98. The number of hydrogen-bond acceptors (Lipinski definition) is 4. The summed E-state index contributed by atoms with van der Waals surface area (Å²) in [6.07, 6.45) is 0.756. The Morgan fingerprint density at radius 3 is 2.71 bits per heavy atom. The van der Waals surface area contributed by atoms with E-state index >= 15 is 0 Å². The Morgan fingerprint density at radius 1 is 1.29 bits per heavy atom. The van der Waals surface area contributed by atoms with Crippen LogP contribution in [0.4, 0.5) is 8.78 Å². The summed E-state index contributed by atoms with van der Waals surface area (Å²) < 4.78 is 25.8. The lowest BCUT2D eigenvalue weighted by Gasteiger charge is -2.00. The van der Waals surface area contributed by atoms with Crippen LogP contribution in [0.25, 0.3) is 10.6 Å². The van der Waals surface area contributed by atoms with Gasteiger partial charge in [0.1, 0.15) is 10.0 Å². The van der Waals surface area contributed by atoms with E-state index in [1.165, 1.54) is 17.4 Å². The molecule has 2 N–H and O–H groups in total. The number of hydrogen-bond donors (Lipinski definition) is 1. The summed E-state index contributed by atoms with van der Waals surface area (Å²) >= 11 is 1.30. The smallest absolute Gasteiger partial charge is 0.159 e. The van der Waals surface area contributed by atoms with Crippen molar-refractivity contribution in [3.63, 3.8) is 0 Å². The van der Waals surface area contributed by atoms with Crippen LogP contribution in [-0.4, -0.2) is 10.2 Å². The van der Waals surface area contributed by atoms with Crippen molar-refractivity contribution in [1.82, 2.24) is 10.2 Å². The molecule has 3 nitrogen and oxygen atoms in total. The minimum atomic E-state index is -0.890. The van der Waals surface area contributed by atoms with Crippen LogP contribution in [0.3, 0.4) is 0 Å². The van der Waals surface area contributed by atoms with E-state index in [4.69, 9.17) is 5.73 Å². The Morgan fingerprint density at radius 2 is 2.06 bits per heavy atom. The molecule has 6 heteroatoms. The number of aromatic nitrogens is 2. The van der Waals surface area contributed by atoms with Gasteiger partial charge in [0, 0.05) is 5.56 Å². The molecule has 0 bridgehead atoms. The van der Waals surface area contributed by atoms with Gasteiger partial charge in [-0.2, -0.15) is 0 Å². The van der Waals surface area contributed by atoms with E-state index in [1.807, 2.05) is 6.92 Å². The highest BCUT2D eigenvalue weighted by Crippen LogP contribution is 2.27. The van der Waals surface area contributed by atoms with Crippen LogP contribution < -0.4 is 5.73 Å². The minimum absolute atomic E-state index is 0.161. The summed E-state index contributed by atoms with van der Waals surface area (Å²) in [7, 11) is 0. The highest BCUT2D eigenvalue weighted by molar-refractivity contribution is 7.14. The molecular weight excluding hydrogens is 244 g/mol. The molecule has 0 radical (unpaired) electrons. The van der Waals surface area contributed by atoms with Gasteiger partial charge in [-0.1, -0.05) is 18.3 Å². The largest absolute Gasteiger partial charge is 0.322 e. The van der Waals surface area contributed by atoms with Crippen LogP contribution in [0.2, 0.25) is 0 Å². The van der Waals surface area contributed by atoms with Crippen molar-refractivity contribution < 1.29 is 8.78 Å². The molecular formula is C11H11F2N3S. The molecule has 0 aliphatic carbocycles. The van der Waals surface area contributed by atoms with Gasteiger partial charge in [0.05, 0.1) is 6.04 Å². The van der Waals surface area contributed by atoms with Crippen LogP contribution in [0.5, 0.6) is 0 Å². The summed E-state index contributed by atoms with van der Waals surface area (Å²) in [6.45, 7) is 1.95. The summed E-state index contributed by atoms with van der Waals surface area (Å²) in [5.74, 6) is -1.76. The Bertz CT molecular complexity index is 527. The lowest BCUT2D eigenvalue weighted by molar-refractivity contribution is 0.509. The highest BCUT2D eigenvalue weighted by Gasteiger charge is 2.13. The third kappa shape index (κ3) is 2.48. The van der Waals surface area contributed by atoms with Crippen molar-refractivity contribution in [3.8, 4) is 10.6 Å². The van der Waals surface area contributed by atoms with Gasteiger partial charge in [-0.3, -0.25) is 0 Å². The highest BCUT2D eigenvalue weighted by atomic mass is 32.1. The monoisotopic (exact) mass is 255 g/mol. The predicted molar refractivity (Wildman–Crippen MR) is 62.5 cm³/mol. The molecule has 0 fully saturated rings. The van der Waals surface area contributed by atoms with Crippen LogP contribution in [0, 0.1) is 11.6 Å². The van der Waals surface area contributed by atoms with Crippen molar-refractivity contribution in [2.45, 2.75) is 19.4 Å². The average molecular weight is 255 g/mol. The third-order valence-corrected chi connectivity index (χ3v) is 3.47. The Labute approximate surface area is 101 Å². The maximum absolute atomic E-state index is 13.1. The van der Waals surface area contributed by atoms with E-state index in [0.29, 0.717) is 15.6 Å². The maximum atomic E-state index is 13.1. The van der Waals surface area contributed by atoms with Crippen molar-refractivity contribution in [1.29, 1.82) is 0 Å². The fraction of sp³-hybridized carbons (Fsp3) is 0.273. The van der Waals surface area contributed by atoms with Crippen LogP contribution in [0.15, 0.2) is 18.2 Å². The molecule has 17 heavy (non-hydrogen) atoms. The number of rotatable bonds is 3. The predicted octanol–water partition coefficient (Wildman–Crippen LogP) is 2.89. The second kappa shape index (κ2) is 4.85. The van der Waals surface area contributed by atoms with E-state index < -0.39 is 11.6 Å². The lowest BCUT2D eigenvalue weighted by Crippen LogP contribution is -2.07. The van der Waals surface area contributed by atoms with Gasteiger partial charge in [-0.15, -0.1) is 10.2 Å². The summed E-state index contributed by atoms with van der Waals surface area (Å²) in [5.41, 5.74) is 6.32. The molecule has 0 aliphatic heterocycles. The van der Waals surface area contributed by atoms with E-state index in [9.17, 15) is 8.78 Å². The molecule has 1 aromatic heterocycles. The Kier molecular flexibility index (Phi) is 3.44. The SMILES string of the molecule is CCC(N)c1nnc(-c2ccc(F)c(F)c2)s1. The Balaban J connectivity index is 2.33. The van der Waals surface area contributed by atoms with E-state index in [0.717, 1.165) is 18.6 Å². The zero-order chi connectivity index (χ0) is 12.4. The fourth-order valence-corrected chi connectivity index (χ4v) is 2.23. The van der Waals surface area contributed by atoms with Crippen molar-refractivity contribution in [2.75, 3.05) is 0 Å². The minimum Gasteiger partial charge on any atom is -0.322 e. The van der Waals surface area contributed by atoms with Gasteiger partial charge in [-0.05, 0) is 24.6 Å². The molecule has 0 amide bonds. The molecule has 1 heterocycles. The topological polar surface area (TPSA) is 51.8 Å². The van der Waals surface area contributed by atoms with Gasteiger partial charge in [0.15, 0.2) is 11.6 Å². The summed E-state index contributed by atoms with van der Waals surface area (Å²) in [4.78, 5) is 0. The van der Waals surface area contributed by atoms with Gasteiger partial charge in [0.2, 0.25) is 0 Å². The van der Waals surface area contributed by atoms with Crippen LogP contribution in [0.1, 0.15) is 24.4 Å². The first-order chi connectivity index (χ1) is 8.11. The molecule has 0 aliphatic rings. The van der Waals surface area contributed by atoms with Crippen molar-refractivity contribution in [2.24, 2.45) is 5.73 Å². The molecule has 2 rings (SSSR count). The van der Waals surface area contributed by atoms with Gasteiger partial charge < -0.3 is 5.73 Å². The standard InChI is InChI=1S/C11H11F2N3S/c1-2-9(14)11-16-15-10(17-11)6-3-4-7(12)8(13)5-6/h3-5,9H,2,14H2,1H3. The molecule has 0 saturated carbocycles. The maximum Gasteiger partial charge on any atom is 0.159 e. The molecule has 0 saturated heterocycles. The molecule has 0 spiro atoms. The molecule has 1 aromatic carbocycles. The zero-order valence-electron chi connectivity index (χ0n) is 9.15. The van der Waals surface area contributed by atoms with E-state index in [1.54, 1.807) is 0 Å². The molecule has 1 unspecified atom stereocenters. The second-order valence-electron chi connectivity index (χ2n) is 3.59. The number of halogens is 2. The summed E-state index contributed by atoms with van der Waals surface area (Å²) in [5, 5.41) is 9.11. The number of nitrogens with two attached hydrogens (primary N) is 1. The first kappa shape index (κ1) is 12.1. The van der Waals surface area contributed by atoms with E-state index in [2.05, 4.69) is 10.2 Å². The van der Waals surface area contributed by atoms with Gasteiger partial charge >= 0.3 is 0 Å². The lowest BCUT2D eigenvalue weighted by atomic mass is 10.2. The summed E-state index contributed by atoms with van der Waals surface area (Å²) in [6, 6.07) is 3.49. The van der Waals surface area contributed by atoms with Gasteiger partial charge in [0.25, 0.3) is 0 Å². The number of benzene rings is 1. The quantitative estimate of drug-likeness (QED) is 0.917.